The number of benzene rings is 1. The van der Waals surface area contributed by atoms with Crippen LogP contribution in [0.1, 0.15) is 33.1 Å². The molecule has 1 saturated heterocycles. The number of hydrogen-bond acceptors (Lipinski definition) is 3. The molecule has 1 amide bonds. The van der Waals surface area contributed by atoms with Gasteiger partial charge in [0.2, 0.25) is 5.91 Å². The Labute approximate surface area is 121 Å². The lowest BCUT2D eigenvalue weighted by Gasteiger charge is -2.21. The van der Waals surface area contributed by atoms with Crippen molar-refractivity contribution >= 4 is 17.3 Å². The van der Waals surface area contributed by atoms with Gasteiger partial charge in [-0.05, 0) is 51.0 Å². The van der Waals surface area contributed by atoms with E-state index < -0.39 is 0 Å². The highest BCUT2D eigenvalue weighted by Crippen LogP contribution is 2.19. The van der Waals surface area contributed by atoms with Crippen molar-refractivity contribution < 1.29 is 9.53 Å². The molecule has 0 bridgehead atoms. The number of nitrogens with one attached hydrogen (secondary N) is 1. The molecule has 0 saturated carbocycles. The number of rotatable bonds is 6. The summed E-state index contributed by atoms with van der Waals surface area (Å²) in [5, 5.41) is 2.93. The zero-order valence-corrected chi connectivity index (χ0v) is 12.4. The van der Waals surface area contributed by atoms with Crippen LogP contribution in [0, 0.1) is 0 Å². The molecule has 1 heterocycles. The predicted octanol–water partition coefficient (Wildman–Crippen LogP) is 3.04. The van der Waals surface area contributed by atoms with E-state index in [1.807, 2.05) is 12.1 Å². The Morgan fingerprint density at radius 2 is 2.00 bits per heavy atom. The van der Waals surface area contributed by atoms with Gasteiger partial charge in [-0.1, -0.05) is 0 Å². The van der Waals surface area contributed by atoms with Gasteiger partial charge < -0.3 is 15.0 Å². The van der Waals surface area contributed by atoms with Gasteiger partial charge in [0, 0.05) is 31.1 Å². The molecule has 0 spiro atoms. The zero-order valence-electron chi connectivity index (χ0n) is 12.4. The van der Waals surface area contributed by atoms with Crippen molar-refractivity contribution in [3.63, 3.8) is 0 Å². The molecule has 0 aromatic heterocycles. The van der Waals surface area contributed by atoms with Gasteiger partial charge >= 0.3 is 0 Å². The number of carbonyl (C=O) groups is 1. The van der Waals surface area contributed by atoms with E-state index in [0.29, 0.717) is 6.42 Å². The molecule has 1 aromatic rings. The first-order valence-corrected chi connectivity index (χ1v) is 7.49. The molecule has 1 N–H and O–H groups in total. The second-order valence-corrected chi connectivity index (χ2v) is 5.11. The van der Waals surface area contributed by atoms with Gasteiger partial charge in [0.25, 0.3) is 0 Å². The number of amides is 1. The van der Waals surface area contributed by atoms with Crippen LogP contribution in [-0.2, 0) is 9.53 Å². The average molecular weight is 276 g/mol. The Bertz CT molecular complexity index is 421. The summed E-state index contributed by atoms with van der Waals surface area (Å²) in [5.74, 6) is 0.0347. The van der Waals surface area contributed by atoms with Gasteiger partial charge in [-0.3, -0.25) is 4.79 Å². The van der Waals surface area contributed by atoms with Crippen molar-refractivity contribution in [1.82, 2.24) is 0 Å². The van der Waals surface area contributed by atoms with Crippen molar-refractivity contribution in [2.24, 2.45) is 0 Å². The summed E-state index contributed by atoms with van der Waals surface area (Å²) >= 11 is 0. The summed E-state index contributed by atoms with van der Waals surface area (Å²) in [4.78, 5) is 14.2. The normalized spacial score (nSPS) is 18.0. The van der Waals surface area contributed by atoms with Crippen LogP contribution in [0.3, 0.4) is 0 Å². The fourth-order valence-corrected chi connectivity index (χ4v) is 2.57. The number of nitrogens with zero attached hydrogens (tertiary/aromatic N) is 1. The van der Waals surface area contributed by atoms with Crippen LogP contribution in [0.2, 0.25) is 0 Å². The smallest absolute Gasteiger partial charge is 0.226 e. The number of carbonyl (C=O) groups excluding carboxylic acids is 1. The lowest BCUT2D eigenvalue weighted by Crippen LogP contribution is -2.22. The van der Waals surface area contributed by atoms with Crippen molar-refractivity contribution in [1.29, 1.82) is 0 Å². The van der Waals surface area contributed by atoms with E-state index in [-0.39, 0.29) is 12.0 Å². The summed E-state index contributed by atoms with van der Waals surface area (Å²) in [7, 11) is 0. The minimum atomic E-state index is 0.0347. The standard InChI is InChI=1S/C16H24N2O2/c1-3-18(4-2)14-9-7-13(8-10-14)17-16(19)12-15-6-5-11-20-15/h7-10,15H,3-6,11-12H2,1-2H3,(H,17,19). The van der Waals surface area contributed by atoms with Gasteiger partial charge in [0.1, 0.15) is 0 Å². The maximum absolute atomic E-state index is 11.9. The molecule has 1 aromatic carbocycles. The topological polar surface area (TPSA) is 41.6 Å². The number of hydrogen-bond donors (Lipinski definition) is 1. The van der Waals surface area contributed by atoms with Gasteiger partial charge in [0.15, 0.2) is 0 Å². The predicted molar refractivity (Wildman–Crippen MR) is 82.2 cm³/mol. The highest BCUT2D eigenvalue weighted by Gasteiger charge is 2.19. The highest BCUT2D eigenvalue weighted by atomic mass is 16.5. The second kappa shape index (κ2) is 7.29. The first kappa shape index (κ1) is 14.9. The van der Waals surface area contributed by atoms with Crippen molar-refractivity contribution in [2.45, 2.75) is 39.2 Å². The van der Waals surface area contributed by atoms with Gasteiger partial charge in [-0.2, -0.15) is 0 Å². The third kappa shape index (κ3) is 3.97. The molecule has 1 aliphatic rings. The third-order valence-electron chi connectivity index (χ3n) is 3.72. The molecule has 0 aliphatic carbocycles. The highest BCUT2D eigenvalue weighted by molar-refractivity contribution is 5.91. The molecule has 4 heteroatoms. The van der Waals surface area contributed by atoms with Crippen LogP contribution in [-0.4, -0.2) is 31.7 Å². The van der Waals surface area contributed by atoms with Gasteiger partial charge in [-0.25, -0.2) is 0 Å². The van der Waals surface area contributed by atoms with E-state index in [1.54, 1.807) is 0 Å². The molecule has 0 radical (unpaired) electrons. The molecule has 2 rings (SSSR count). The first-order valence-electron chi connectivity index (χ1n) is 7.49. The molecule has 4 nitrogen and oxygen atoms in total. The van der Waals surface area contributed by atoms with Gasteiger partial charge in [0.05, 0.1) is 12.5 Å². The Hall–Kier alpha value is -1.55. The summed E-state index contributed by atoms with van der Waals surface area (Å²) in [6.45, 7) is 7.04. The minimum Gasteiger partial charge on any atom is -0.378 e. The van der Waals surface area contributed by atoms with E-state index in [1.165, 1.54) is 5.69 Å². The van der Waals surface area contributed by atoms with Crippen molar-refractivity contribution in [3.8, 4) is 0 Å². The Morgan fingerprint density at radius 3 is 2.55 bits per heavy atom. The minimum absolute atomic E-state index is 0.0347. The molecule has 1 unspecified atom stereocenters. The van der Waals surface area contributed by atoms with Crippen LogP contribution in [0.15, 0.2) is 24.3 Å². The SMILES string of the molecule is CCN(CC)c1ccc(NC(=O)CC2CCCO2)cc1. The molecular weight excluding hydrogens is 252 g/mol. The third-order valence-corrected chi connectivity index (χ3v) is 3.72. The Balaban J connectivity index is 1.87. The summed E-state index contributed by atoms with van der Waals surface area (Å²) in [5.41, 5.74) is 2.04. The largest absolute Gasteiger partial charge is 0.378 e. The van der Waals surface area contributed by atoms with Crippen LogP contribution in [0.5, 0.6) is 0 Å². The van der Waals surface area contributed by atoms with E-state index in [9.17, 15) is 4.79 Å². The average Bonchev–Trinajstić information content (AvgIpc) is 2.94. The van der Waals surface area contributed by atoms with Gasteiger partial charge in [-0.15, -0.1) is 0 Å². The second-order valence-electron chi connectivity index (χ2n) is 5.11. The Morgan fingerprint density at radius 1 is 1.30 bits per heavy atom. The molecule has 1 fully saturated rings. The molecular formula is C16H24N2O2. The monoisotopic (exact) mass is 276 g/mol. The van der Waals surface area contributed by atoms with Crippen LogP contribution >= 0.6 is 0 Å². The maximum Gasteiger partial charge on any atom is 0.226 e. The zero-order chi connectivity index (χ0) is 14.4. The molecule has 1 aliphatic heterocycles. The lowest BCUT2D eigenvalue weighted by molar-refractivity contribution is -0.118. The van der Waals surface area contributed by atoms with E-state index in [2.05, 4.69) is 36.2 Å². The number of anilines is 2. The maximum atomic E-state index is 11.9. The summed E-state index contributed by atoms with van der Waals surface area (Å²) in [6.07, 6.45) is 2.62. The number of ether oxygens (including phenoxy) is 1. The summed E-state index contributed by atoms with van der Waals surface area (Å²) in [6, 6.07) is 8.02. The molecule has 110 valence electrons. The fraction of sp³-hybridized carbons (Fsp3) is 0.562. The quantitative estimate of drug-likeness (QED) is 0.868. The van der Waals surface area contributed by atoms with Crippen LogP contribution in [0.25, 0.3) is 0 Å². The first-order chi connectivity index (χ1) is 9.72. The van der Waals surface area contributed by atoms with Crippen molar-refractivity contribution in [2.75, 3.05) is 29.9 Å². The van der Waals surface area contributed by atoms with E-state index in [0.717, 1.165) is 38.2 Å². The Kier molecular flexibility index (Phi) is 5.41. The molecule has 20 heavy (non-hydrogen) atoms. The molecule has 1 atom stereocenters. The van der Waals surface area contributed by atoms with Crippen LogP contribution in [0.4, 0.5) is 11.4 Å². The summed E-state index contributed by atoms with van der Waals surface area (Å²) < 4.78 is 5.47. The lowest BCUT2D eigenvalue weighted by atomic mass is 10.1. The van der Waals surface area contributed by atoms with E-state index in [4.69, 9.17) is 4.74 Å². The van der Waals surface area contributed by atoms with E-state index >= 15 is 0 Å². The van der Waals surface area contributed by atoms with Crippen molar-refractivity contribution in [3.05, 3.63) is 24.3 Å². The van der Waals surface area contributed by atoms with Crippen LogP contribution < -0.4 is 10.2 Å². The fourth-order valence-electron chi connectivity index (χ4n) is 2.57.